The molecule has 0 saturated carbocycles. The lowest BCUT2D eigenvalue weighted by Crippen LogP contribution is -2.07. The Balaban J connectivity index is 2.35. The van der Waals surface area contributed by atoms with Gasteiger partial charge in [-0.15, -0.1) is 0 Å². The molecule has 0 bridgehead atoms. The van der Waals surface area contributed by atoms with E-state index in [0.29, 0.717) is 6.54 Å². The number of aryl methyl sites for hydroxylation is 1. The highest BCUT2D eigenvalue weighted by atomic mass is 15.1. The van der Waals surface area contributed by atoms with Crippen molar-refractivity contribution >= 4 is 0 Å². The molecular weight excluding hydrogens is 216 g/mol. The average molecular weight is 226 g/mol. The summed E-state index contributed by atoms with van der Waals surface area (Å²) in [5, 5.41) is 17.8. The fraction of sp³-hybridized carbons (Fsp3) is 0.273. The second kappa shape index (κ2) is 4.50. The van der Waals surface area contributed by atoms with Gasteiger partial charge in [0.05, 0.1) is 24.9 Å². The average Bonchev–Trinajstić information content (AvgIpc) is 2.95. The minimum Gasteiger partial charge on any atom is -0.333 e. The van der Waals surface area contributed by atoms with Gasteiger partial charge >= 0.3 is 0 Å². The number of hydrogen-bond donors (Lipinski definition) is 0. The van der Waals surface area contributed by atoms with E-state index < -0.39 is 0 Å². The van der Waals surface area contributed by atoms with E-state index in [2.05, 4.69) is 9.97 Å². The highest BCUT2D eigenvalue weighted by Crippen LogP contribution is 2.09. The third kappa shape index (κ3) is 1.88. The number of rotatable bonds is 3. The lowest BCUT2D eigenvalue weighted by atomic mass is 10.3. The molecule has 0 aliphatic heterocycles. The van der Waals surface area contributed by atoms with E-state index >= 15 is 0 Å². The summed E-state index contributed by atoms with van der Waals surface area (Å²) in [5.74, 6) is 0. The van der Waals surface area contributed by atoms with Gasteiger partial charge in [0, 0.05) is 12.7 Å². The zero-order chi connectivity index (χ0) is 12.3. The number of nitriles is 2. The molecule has 2 aromatic heterocycles. The van der Waals surface area contributed by atoms with Crippen LogP contribution in [0.5, 0.6) is 0 Å². The standard InChI is InChI=1S/C11H10N6/c1-2-16-7-14-5-9(16)6-17-8-15-10(3-12)11(17)4-13/h5,7-8H,2,6H2,1H3. The highest BCUT2D eigenvalue weighted by molar-refractivity contribution is 5.36. The Morgan fingerprint density at radius 1 is 1.24 bits per heavy atom. The van der Waals surface area contributed by atoms with Gasteiger partial charge in [0.2, 0.25) is 0 Å². The van der Waals surface area contributed by atoms with Crippen LogP contribution in [0.25, 0.3) is 0 Å². The van der Waals surface area contributed by atoms with Gasteiger partial charge in [0.25, 0.3) is 0 Å². The molecule has 6 heteroatoms. The first-order valence-electron chi connectivity index (χ1n) is 5.14. The van der Waals surface area contributed by atoms with Gasteiger partial charge in [-0.25, -0.2) is 9.97 Å². The molecule has 0 unspecified atom stereocenters. The Kier molecular flexibility index (Phi) is 2.89. The molecule has 2 heterocycles. The predicted octanol–water partition coefficient (Wildman–Crippen LogP) is 0.891. The van der Waals surface area contributed by atoms with Crippen molar-refractivity contribution in [1.82, 2.24) is 19.1 Å². The van der Waals surface area contributed by atoms with Crippen LogP contribution in [0.4, 0.5) is 0 Å². The quantitative estimate of drug-likeness (QED) is 0.778. The number of imidazole rings is 2. The van der Waals surface area contributed by atoms with Crippen LogP contribution in [-0.2, 0) is 13.1 Å². The van der Waals surface area contributed by atoms with E-state index in [4.69, 9.17) is 10.5 Å². The lowest BCUT2D eigenvalue weighted by Gasteiger charge is -2.06. The first-order chi connectivity index (χ1) is 8.30. The Labute approximate surface area is 98.4 Å². The van der Waals surface area contributed by atoms with Gasteiger partial charge in [0.15, 0.2) is 11.4 Å². The van der Waals surface area contributed by atoms with Crippen molar-refractivity contribution in [2.45, 2.75) is 20.0 Å². The number of nitrogens with zero attached hydrogens (tertiary/aromatic N) is 6. The second-order valence-electron chi connectivity index (χ2n) is 3.46. The van der Waals surface area contributed by atoms with Crippen LogP contribution < -0.4 is 0 Å². The van der Waals surface area contributed by atoms with Crippen LogP contribution in [0.1, 0.15) is 24.0 Å². The topological polar surface area (TPSA) is 83.2 Å². The molecule has 0 amide bonds. The zero-order valence-corrected chi connectivity index (χ0v) is 9.33. The van der Waals surface area contributed by atoms with Gasteiger partial charge < -0.3 is 9.13 Å². The molecule has 2 rings (SSSR count). The van der Waals surface area contributed by atoms with Crippen molar-refractivity contribution in [2.75, 3.05) is 0 Å². The maximum Gasteiger partial charge on any atom is 0.176 e. The van der Waals surface area contributed by atoms with Gasteiger partial charge in [0.1, 0.15) is 12.1 Å². The van der Waals surface area contributed by atoms with Crippen LogP contribution in [0.3, 0.4) is 0 Å². The molecule has 0 saturated heterocycles. The molecule has 0 aliphatic rings. The molecule has 0 N–H and O–H groups in total. The molecule has 0 aromatic carbocycles. The summed E-state index contributed by atoms with van der Waals surface area (Å²) in [6, 6.07) is 3.89. The lowest BCUT2D eigenvalue weighted by molar-refractivity contribution is 0.665. The van der Waals surface area contributed by atoms with Gasteiger partial charge in [-0.05, 0) is 6.92 Å². The summed E-state index contributed by atoms with van der Waals surface area (Å²) in [4.78, 5) is 7.94. The van der Waals surface area contributed by atoms with Crippen molar-refractivity contribution in [3.8, 4) is 12.1 Å². The zero-order valence-electron chi connectivity index (χ0n) is 9.33. The third-order valence-electron chi connectivity index (χ3n) is 2.52. The summed E-state index contributed by atoms with van der Waals surface area (Å²) >= 11 is 0. The van der Waals surface area contributed by atoms with Crippen LogP contribution >= 0.6 is 0 Å². The molecular formula is C11H10N6. The number of hydrogen-bond acceptors (Lipinski definition) is 4. The van der Waals surface area contributed by atoms with E-state index in [1.807, 2.05) is 23.6 Å². The molecule has 0 spiro atoms. The van der Waals surface area contributed by atoms with Gasteiger partial charge in [-0.3, -0.25) is 0 Å². The maximum atomic E-state index is 8.99. The largest absolute Gasteiger partial charge is 0.333 e. The Morgan fingerprint density at radius 3 is 2.71 bits per heavy atom. The summed E-state index contributed by atoms with van der Waals surface area (Å²) in [5.41, 5.74) is 1.43. The van der Waals surface area contributed by atoms with Gasteiger partial charge in [-0.2, -0.15) is 10.5 Å². The molecule has 84 valence electrons. The van der Waals surface area contributed by atoms with E-state index in [1.54, 1.807) is 17.1 Å². The Hall–Kier alpha value is -2.60. The minimum absolute atomic E-state index is 0.162. The van der Waals surface area contributed by atoms with Crippen molar-refractivity contribution in [3.63, 3.8) is 0 Å². The summed E-state index contributed by atoms with van der Waals surface area (Å²) in [6.07, 6.45) is 4.99. The molecule has 2 aromatic rings. The van der Waals surface area contributed by atoms with Crippen LogP contribution in [0.15, 0.2) is 18.9 Å². The van der Waals surface area contributed by atoms with Crippen molar-refractivity contribution < 1.29 is 0 Å². The van der Waals surface area contributed by atoms with Crippen LogP contribution in [0, 0.1) is 22.7 Å². The summed E-state index contributed by atoms with van der Waals surface area (Å²) in [6.45, 7) is 3.33. The second-order valence-corrected chi connectivity index (χ2v) is 3.46. The van der Waals surface area contributed by atoms with Crippen LogP contribution in [0.2, 0.25) is 0 Å². The van der Waals surface area contributed by atoms with Gasteiger partial charge in [-0.1, -0.05) is 0 Å². The molecule has 0 radical (unpaired) electrons. The first-order valence-corrected chi connectivity index (χ1v) is 5.14. The Bertz CT molecular complexity index is 607. The minimum atomic E-state index is 0.162. The fourth-order valence-electron chi connectivity index (χ4n) is 1.64. The smallest absolute Gasteiger partial charge is 0.176 e. The maximum absolute atomic E-state index is 8.99. The van der Waals surface area contributed by atoms with E-state index in [9.17, 15) is 0 Å². The van der Waals surface area contributed by atoms with Crippen molar-refractivity contribution in [2.24, 2.45) is 0 Å². The van der Waals surface area contributed by atoms with E-state index in [1.165, 1.54) is 6.33 Å². The normalized spacial score (nSPS) is 9.82. The third-order valence-corrected chi connectivity index (χ3v) is 2.52. The fourth-order valence-corrected chi connectivity index (χ4v) is 1.64. The number of aromatic nitrogens is 4. The molecule has 6 nitrogen and oxygen atoms in total. The summed E-state index contributed by atoms with van der Waals surface area (Å²) < 4.78 is 3.63. The van der Waals surface area contributed by atoms with Crippen LogP contribution in [-0.4, -0.2) is 19.1 Å². The SMILES string of the molecule is CCn1cncc1Cn1cnc(C#N)c1C#N. The summed E-state index contributed by atoms with van der Waals surface area (Å²) in [7, 11) is 0. The van der Waals surface area contributed by atoms with E-state index in [0.717, 1.165) is 12.2 Å². The molecule has 0 fully saturated rings. The first kappa shape index (κ1) is 10.9. The van der Waals surface area contributed by atoms with Crippen molar-refractivity contribution in [1.29, 1.82) is 10.5 Å². The molecule has 0 atom stereocenters. The molecule has 0 aliphatic carbocycles. The van der Waals surface area contributed by atoms with E-state index in [-0.39, 0.29) is 11.4 Å². The highest BCUT2D eigenvalue weighted by Gasteiger charge is 2.11. The molecule has 17 heavy (non-hydrogen) atoms. The predicted molar refractivity (Wildman–Crippen MR) is 58.7 cm³/mol. The monoisotopic (exact) mass is 226 g/mol. The Morgan fingerprint density at radius 2 is 2.06 bits per heavy atom. The van der Waals surface area contributed by atoms with Crippen molar-refractivity contribution in [3.05, 3.63) is 35.9 Å².